The van der Waals surface area contributed by atoms with Crippen molar-refractivity contribution in [1.82, 2.24) is 0 Å². The zero-order chi connectivity index (χ0) is 15.2. The summed E-state index contributed by atoms with van der Waals surface area (Å²) in [6.45, 7) is 0. The summed E-state index contributed by atoms with van der Waals surface area (Å²) in [4.78, 5) is 23.5. The maximum atomic E-state index is 11.8. The van der Waals surface area contributed by atoms with E-state index in [4.69, 9.17) is 5.73 Å². The minimum absolute atomic E-state index is 0.169. The maximum absolute atomic E-state index is 11.8. The molecule has 2 rings (SSSR count). The van der Waals surface area contributed by atoms with Gasteiger partial charge in [-0.05, 0) is 42.5 Å². The third-order valence-electron chi connectivity index (χ3n) is 2.64. The van der Waals surface area contributed by atoms with Crippen molar-refractivity contribution >= 4 is 29.3 Å². The van der Waals surface area contributed by atoms with Gasteiger partial charge in [-0.15, -0.1) is 11.8 Å². The Bertz CT molecular complexity index is 656. The van der Waals surface area contributed by atoms with E-state index in [-0.39, 0.29) is 17.4 Å². The molecule has 4 N–H and O–H groups in total. The molecular weight excluding hydrogens is 288 g/mol. The van der Waals surface area contributed by atoms with E-state index in [1.54, 1.807) is 42.5 Å². The highest BCUT2D eigenvalue weighted by atomic mass is 32.2. The topological polar surface area (TPSA) is 92.4 Å². The molecule has 0 aromatic heterocycles. The molecule has 0 radical (unpaired) electrons. The molecular formula is C15H14N2O3S. The van der Waals surface area contributed by atoms with Gasteiger partial charge in [-0.3, -0.25) is 9.59 Å². The fraction of sp³-hybridized carbons (Fsp3) is 0.0667. The molecule has 0 atom stereocenters. The van der Waals surface area contributed by atoms with Crippen LogP contribution >= 0.6 is 11.8 Å². The van der Waals surface area contributed by atoms with E-state index < -0.39 is 5.91 Å². The molecule has 0 bridgehead atoms. The van der Waals surface area contributed by atoms with Gasteiger partial charge in [0.05, 0.1) is 5.75 Å². The molecule has 0 heterocycles. The van der Waals surface area contributed by atoms with E-state index in [0.29, 0.717) is 11.3 Å². The first-order valence-corrected chi connectivity index (χ1v) is 7.15. The van der Waals surface area contributed by atoms with Crippen molar-refractivity contribution in [3.8, 4) is 5.75 Å². The summed E-state index contributed by atoms with van der Waals surface area (Å²) in [5, 5.41) is 12.1. The van der Waals surface area contributed by atoms with Crippen LogP contribution in [-0.4, -0.2) is 22.7 Å². The fourth-order valence-corrected chi connectivity index (χ4v) is 2.39. The van der Waals surface area contributed by atoms with Gasteiger partial charge < -0.3 is 16.2 Å². The molecule has 21 heavy (non-hydrogen) atoms. The van der Waals surface area contributed by atoms with Crippen LogP contribution in [0, 0.1) is 0 Å². The number of carbonyl (C=O) groups excluding carboxylic acids is 2. The quantitative estimate of drug-likeness (QED) is 0.738. The molecule has 5 nitrogen and oxygen atoms in total. The first-order chi connectivity index (χ1) is 10.0. The van der Waals surface area contributed by atoms with Gasteiger partial charge in [-0.2, -0.15) is 0 Å². The molecule has 0 saturated carbocycles. The summed E-state index contributed by atoms with van der Waals surface area (Å²) in [6, 6.07) is 13.1. The molecule has 0 spiro atoms. The highest BCUT2D eigenvalue weighted by Gasteiger charge is 2.05. The minimum Gasteiger partial charge on any atom is -0.508 e. The zero-order valence-corrected chi connectivity index (χ0v) is 11.9. The lowest BCUT2D eigenvalue weighted by Gasteiger charge is -2.06. The first kappa shape index (κ1) is 14.9. The van der Waals surface area contributed by atoms with Crippen LogP contribution in [0.3, 0.4) is 0 Å². The van der Waals surface area contributed by atoms with E-state index in [2.05, 4.69) is 5.32 Å². The van der Waals surface area contributed by atoms with Crippen LogP contribution in [0.2, 0.25) is 0 Å². The molecule has 0 aliphatic rings. The molecule has 2 amide bonds. The monoisotopic (exact) mass is 302 g/mol. The van der Waals surface area contributed by atoms with Crippen LogP contribution in [0.1, 0.15) is 10.4 Å². The number of amides is 2. The number of anilines is 1. The number of hydrogen-bond acceptors (Lipinski definition) is 4. The Morgan fingerprint density at radius 2 is 1.86 bits per heavy atom. The van der Waals surface area contributed by atoms with Crippen molar-refractivity contribution in [2.24, 2.45) is 5.73 Å². The molecule has 0 fully saturated rings. The normalized spacial score (nSPS) is 10.1. The third-order valence-corrected chi connectivity index (χ3v) is 3.63. The number of primary amides is 1. The standard InChI is InChI=1S/C15H14N2O3S/c16-15(20)10-4-6-11(7-5-10)17-14(19)9-21-13-3-1-2-12(18)8-13/h1-8,18H,9H2,(H2,16,20)(H,17,19). The van der Waals surface area contributed by atoms with Gasteiger partial charge in [-0.25, -0.2) is 0 Å². The average Bonchev–Trinajstić information content (AvgIpc) is 2.46. The number of phenols is 1. The fourth-order valence-electron chi connectivity index (χ4n) is 1.64. The predicted molar refractivity (Wildman–Crippen MR) is 82.4 cm³/mol. The van der Waals surface area contributed by atoms with Crippen molar-refractivity contribution in [1.29, 1.82) is 0 Å². The summed E-state index contributed by atoms with van der Waals surface area (Å²) < 4.78 is 0. The number of thioether (sulfide) groups is 1. The van der Waals surface area contributed by atoms with Crippen LogP contribution < -0.4 is 11.1 Å². The summed E-state index contributed by atoms with van der Waals surface area (Å²) in [5.74, 6) is -0.286. The average molecular weight is 302 g/mol. The SMILES string of the molecule is NC(=O)c1ccc(NC(=O)CSc2cccc(O)c2)cc1. The molecule has 0 unspecified atom stereocenters. The number of rotatable bonds is 5. The highest BCUT2D eigenvalue weighted by molar-refractivity contribution is 8.00. The van der Waals surface area contributed by atoms with Crippen LogP contribution in [0.15, 0.2) is 53.4 Å². The molecule has 108 valence electrons. The number of nitrogens with one attached hydrogen (secondary N) is 1. The van der Waals surface area contributed by atoms with E-state index in [1.165, 1.54) is 11.8 Å². The van der Waals surface area contributed by atoms with Crippen molar-refractivity contribution in [3.63, 3.8) is 0 Å². The van der Waals surface area contributed by atoms with E-state index in [0.717, 1.165) is 4.90 Å². The lowest BCUT2D eigenvalue weighted by Crippen LogP contribution is -2.14. The second-order valence-corrected chi connectivity index (χ2v) is 5.32. The third kappa shape index (κ3) is 4.54. The Kier molecular flexibility index (Phi) is 4.84. The minimum atomic E-state index is -0.507. The lowest BCUT2D eigenvalue weighted by molar-refractivity contribution is -0.113. The van der Waals surface area contributed by atoms with E-state index in [9.17, 15) is 14.7 Å². The molecule has 0 saturated heterocycles. The van der Waals surface area contributed by atoms with Gasteiger partial charge in [0, 0.05) is 16.1 Å². The lowest BCUT2D eigenvalue weighted by atomic mass is 10.2. The van der Waals surface area contributed by atoms with Gasteiger partial charge in [0.15, 0.2) is 0 Å². The number of phenolic OH excluding ortho intramolecular Hbond substituents is 1. The summed E-state index contributed by atoms with van der Waals surface area (Å²) in [7, 11) is 0. The number of hydrogen-bond donors (Lipinski definition) is 3. The first-order valence-electron chi connectivity index (χ1n) is 6.16. The van der Waals surface area contributed by atoms with Gasteiger partial charge in [0.25, 0.3) is 0 Å². The maximum Gasteiger partial charge on any atom is 0.248 e. The number of carbonyl (C=O) groups is 2. The predicted octanol–water partition coefficient (Wildman–Crippen LogP) is 2.22. The van der Waals surface area contributed by atoms with Crippen molar-refractivity contribution < 1.29 is 14.7 Å². The zero-order valence-electron chi connectivity index (χ0n) is 11.1. The van der Waals surface area contributed by atoms with Gasteiger partial charge >= 0.3 is 0 Å². The van der Waals surface area contributed by atoms with E-state index in [1.807, 2.05) is 6.07 Å². The van der Waals surface area contributed by atoms with Gasteiger partial charge in [0.2, 0.25) is 11.8 Å². The van der Waals surface area contributed by atoms with Crippen LogP contribution in [0.25, 0.3) is 0 Å². The highest BCUT2D eigenvalue weighted by Crippen LogP contribution is 2.22. The number of aromatic hydroxyl groups is 1. The molecule has 0 aliphatic carbocycles. The van der Waals surface area contributed by atoms with E-state index >= 15 is 0 Å². The van der Waals surface area contributed by atoms with Gasteiger partial charge in [0.1, 0.15) is 5.75 Å². The smallest absolute Gasteiger partial charge is 0.248 e. The second-order valence-electron chi connectivity index (χ2n) is 4.28. The van der Waals surface area contributed by atoms with Crippen LogP contribution in [-0.2, 0) is 4.79 Å². The number of nitrogens with two attached hydrogens (primary N) is 1. The molecule has 0 aliphatic heterocycles. The Hall–Kier alpha value is -2.47. The Labute approximate surface area is 126 Å². The Balaban J connectivity index is 1.88. The van der Waals surface area contributed by atoms with Crippen molar-refractivity contribution in [2.75, 3.05) is 11.1 Å². The van der Waals surface area contributed by atoms with Crippen molar-refractivity contribution in [2.45, 2.75) is 4.90 Å². The number of benzene rings is 2. The van der Waals surface area contributed by atoms with Crippen LogP contribution in [0.4, 0.5) is 5.69 Å². The van der Waals surface area contributed by atoms with Crippen LogP contribution in [0.5, 0.6) is 5.75 Å². The van der Waals surface area contributed by atoms with Crippen molar-refractivity contribution in [3.05, 3.63) is 54.1 Å². The molecule has 6 heteroatoms. The Morgan fingerprint density at radius 1 is 1.14 bits per heavy atom. The molecule has 2 aromatic carbocycles. The second kappa shape index (κ2) is 6.81. The summed E-state index contributed by atoms with van der Waals surface area (Å²) in [5.41, 5.74) is 6.13. The largest absolute Gasteiger partial charge is 0.508 e. The molecule has 2 aromatic rings. The Morgan fingerprint density at radius 3 is 2.48 bits per heavy atom. The van der Waals surface area contributed by atoms with Gasteiger partial charge in [-0.1, -0.05) is 6.07 Å². The summed E-state index contributed by atoms with van der Waals surface area (Å²) >= 11 is 1.32. The summed E-state index contributed by atoms with van der Waals surface area (Å²) in [6.07, 6.45) is 0.